The fourth-order valence-corrected chi connectivity index (χ4v) is 6.44. The van der Waals surface area contributed by atoms with E-state index in [0.29, 0.717) is 0 Å². The molecule has 0 atom stereocenters. The zero-order valence-electron chi connectivity index (χ0n) is 21.3. The molecular formula is C34H26NO2P. The third kappa shape index (κ3) is 3.71. The van der Waals surface area contributed by atoms with E-state index in [4.69, 9.17) is 8.39 Å². The second-order valence-corrected chi connectivity index (χ2v) is 11.3. The van der Waals surface area contributed by atoms with E-state index < -0.39 is 8.16 Å². The summed E-state index contributed by atoms with van der Waals surface area (Å²) in [6.07, 6.45) is 0. The summed E-state index contributed by atoms with van der Waals surface area (Å²) in [7, 11) is 2.60. The molecule has 0 fully saturated rings. The van der Waals surface area contributed by atoms with Crippen molar-refractivity contribution in [2.75, 3.05) is 18.8 Å². The van der Waals surface area contributed by atoms with Crippen LogP contribution in [0.5, 0.6) is 0 Å². The van der Waals surface area contributed by atoms with E-state index in [2.05, 4.69) is 97.1 Å². The average Bonchev–Trinajstić information content (AvgIpc) is 2.98. The van der Waals surface area contributed by atoms with Crippen LogP contribution in [0.15, 0.2) is 130 Å². The van der Waals surface area contributed by atoms with Crippen LogP contribution in [0.25, 0.3) is 65.0 Å². The summed E-state index contributed by atoms with van der Waals surface area (Å²) in [5, 5.41) is 11.6. The van der Waals surface area contributed by atoms with Gasteiger partial charge in [-0.25, -0.2) is 4.67 Å². The number of hydrogen-bond donors (Lipinski definition) is 0. The SMILES string of the molecule is CN(C)p1oc2ccccc2c2ccc3ccccc3c2c2c3ccccc3ccc2c2ccccc2o1. The normalized spacial score (nSPS) is 11.7. The van der Waals surface area contributed by atoms with Crippen LogP contribution in [0, 0.1) is 0 Å². The van der Waals surface area contributed by atoms with Gasteiger partial charge in [-0.1, -0.05) is 109 Å². The van der Waals surface area contributed by atoms with Gasteiger partial charge in [-0.3, -0.25) is 0 Å². The Balaban J connectivity index is 1.98. The number of rotatable bonds is 1. The van der Waals surface area contributed by atoms with Gasteiger partial charge in [-0.2, -0.15) is 0 Å². The number of fused-ring (bicyclic) bond motifs is 11. The molecule has 0 saturated carbocycles. The van der Waals surface area contributed by atoms with Crippen LogP contribution in [-0.2, 0) is 0 Å². The predicted octanol–water partition coefficient (Wildman–Crippen LogP) is 10.2. The van der Waals surface area contributed by atoms with Crippen molar-refractivity contribution in [3.05, 3.63) is 121 Å². The second-order valence-electron chi connectivity index (χ2n) is 9.68. The standard InChI is InChI=1S/C34H26NO2P/c1-35(2)38-36-31-17-9-7-15-27(31)29-21-19-23-11-3-5-13-25(23)33(29)34-26-14-6-4-12-24(26)20-22-30(34)28-16-8-10-18-32(28)37-38/h3-22H,1-2H3. The lowest BCUT2D eigenvalue weighted by molar-refractivity contribution is 0.632. The van der Waals surface area contributed by atoms with Crippen molar-refractivity contribution in [3.8, 4) is 0 Å². The Hall–Kier alpha value is -4.30. The van der Waals surface area contributed by atoms with Crippen molar-refractivity contribution in [1.29, 1.82) is 0 Å². The van der Waals surface area contributed by atoms with E-state index in [1.54, 1.807) is 0 Å². The summed E-state index contributed by atoms with van der Waals surface area (Å²) in [6.45, 7) is 0. The minimum absolute atomic E-state index is 0.810. The molecular weight excluding hydrogens is 485 g/mol. The molecule has 1 heterocycles. The van der Waals surface area contributed by atoms with Crippen molar-refractivity contribution in [2.24, 2.45) is 0 Å². The molecule has 0 aliphatic carbocycles. The Labute approximate surface area is 221 Å². The van der Waals surface area contributed by atoms with E-state index in [1.165, 1.54) is 32.3 Å². The maximum atomic E-state index is 6.67. The Bertz CT molecular complexity index is 1980. The first kappa shape index (κ1) is 22.9. The van der Waals surface area contributed by atoms with Crippen molar-refractivity contribution < 1.29 is 8.39 Å². The van der Waals surface area contributed by atoms with Gasteiger partial charge in [0.05, 0.1) is 0 Å². The summed E-state index contributed by atoms with van der Waals surface area (Å²) in [5.41, 5.74) is 1.62. The molecule has 3 nitrogen and oxygen atoms in total. The highest BCUT2D eigenvalue weighted by Crippen LogP contribution is 2.40. The van der Waals surface area contributed by atoms with E-state index in [-0.39, 0.29) is 0 Å². The van der Waals surface area contributed by atoms with Crippen molar-refractivity contribution in [3.63, 3.8) is 0 Å². The molecule has 0 saturated heterocycles. The van der Waals surface area contributed by atoms with Gasteiger partial charge in [0.25, 0.3) is 0 Å². The molecule has 0 spiro atoms. The molecule has 6 aromatic carbocycles. The minimum Gasteiger partial charge on any atom is -0.408 e. The summed E-state index contributed by atoms with van der Waals surface area (Å²) in [4.78, 5) is 0. The largest absolute Gasteiger partial charge is 0.408 e. The molecule has 0 radical (unpaired) electrons. The molecule has 0 aliphatic heterocycles. The predicted molar refractivity (Wildman–Crippen MR) is 164 cm³/mol. The third-order valence-corrected chi connectivity index (χ3v) is 8.50. The van der Waals surface area contributed by atoms with Crippen LogP contribution < -0.4 is 4.67 Å². The van der Waals surface area contributed by atoms with E-state index >= 15 is 0 Å². The highest BCUT2D eigenvalue weighted by atomic mass is 31.1. The van der Waals surface area contributed by atoms with Gasteiger partial charge in [0.1, 0.15) is 11.2 Å². The van der Waals surface area contributed by atoms with Crippen molar-refractivity contribution in [2.45, 2.75) is 0 Å². The number of benzene rings is 6. The van der Waals surface area contributed by atoms with Crippen molar-refractivity contribution in [1.82, 2.24) is 0 Å². The lowest BCUT2D eigenvalue weighted by Crippen LogP contribution is -2.02. The molecule has 184 valence electrons. The number of para-hydroxylation sites is 2. The molecule has 7 aromatic rings. The summed E-state index contributed by atoms with van der Waals surface area (Å²) in [6, 6.07) is 42.9. The molecule has 7 rings (SSSR count). The highest BCUT2D eigenvalue weighted by molar-refractivity contribution is 7.38. The molecule has 0 N–H and O–H groups in total. The Morgan fingerprint density at radius 3 is 1.26 bits per heavy atom. The average molecular weight is 512 g/mol. The van der Waals surface area contributed by atoms with Crippen LogP contribution in [0.2, 0.25) is 0 Å². The van der Waals surface area contributed by atoms with Crippen LogP contribution >= 0.6 is 8.16 Å². The minimum atomic E-state index is -1.40. The fraction of sp³-hybridized carbons (Fsp3) is 0.0588. The molecule has 0 amide bonds. The van der Waals surface area contributed by atoms with E-state index in [0.717, 1.165) is 32.7 Å². The second kappa shape index (κ2) is 9.22. The van der Waals surface area contributed by atoms with Gasteiger partial charge in [-0.05, 0) is 55.2 Å². The molecule has 1 aromatic heterocycles. The summed E-state index contributed by atoms with van der Waals surface area (Å²) in [5.74, 6) is 0. The van der Waals surface area contributed by atoms with Crippen LogP contribution in [0.1, 0.15) is 0 Å². The fourth-order valence-electron chi connectivity index (χ4n) is 5.42. The van der Waals surface area contributed by atoms with Gasteiger partial charge in [0.15, 0.2) is 0 Å². The maximum absolute atomic E-state index is 6.67. The van der Waals surface area contributed by atoms with Crippen LogP contribution in [-0.4, -0.2) is 14.1 Å². The van der Waals surface area contributed by atoms with E-state index in [9.17, 15) is 0 Å². The van der Waals surface area contributed by atoms with E-state index in [1.807, 2.05) is 43.0 Å². The quantitative estimate of drug-likeness (QED) is 0.220. The first-order chi connectivity index (χ1) is 18.7. The first-order valence-electron chi connectivity index (χ1n) is 12.7. The number of nitrogens with zero attached hydrogens (tertiary/aromatic N) is 1. The first-order valence-corrected chi connectivity index (χ1v) is 13.9. The summed E-state index contributed by atoms with van der Waals surface area (Å²) < 4.78 is 15.4. The number of hydrogen-bond acceptors (Lipinski definition) is 3. The molecule has 0 bridgehead atoms. The highest BCUT2D eigenvalue weighted by Gasteiger charge is 2.12. The Morgan fingerprint density at radius 1 is 0.421 bits per heavy atom. The van der Waals surface area contributed by atoms with Crippen LogP contribution in [0.3, 0.4) is 0 Å². The molecule has 4 heteroatoms. The summed E-state index contributed by atoms with van der Waals surface area (Å²) >= 11 is 0. The molecule has 0 aliphatic rings. The van der Waals surface area contributed by atoms with Gasteiger partial charge in [0, 0.05) is 24.9 Å². The third-order valence-electron chi connectivity index (χ3n) is 7.14. The Morgan fingerprint density at radius 2 is 0.816 bits per heavy atom. The van der Waals surface area contributed by atoms with Crippen molar-refractivity contribution >= 4 is 73.2 Å². The lowest BCUT2D eigenvalue weighted by Gasteiger charge is -2.10. The monoisotopic (exact) mass is 511 g/mol. The zero-order valence-corrected chi connectivity index (χ0v) is 22.2. The maximum Gasteiger partial charge on any atom is 0.309 e. The zero-order chi connectivity index (χ0) is 25.6. The van der Waals surface area contributed by atoms with Gasteiger partial charge < -0.3 is 8.39 Å². The smallest absolute Gasteiger partial charge is 0.309 e. The van der Waals surface area contributed by atoms with Gasteiger partial charge >= 0.3 is 8.16 Å². The van der Waals surface area contributed by atoms with Gasteiger partial charge in [0.2, 0.25) is 0 Å². The molecule has 0 unspecified atom stereocenters. The Kier molecular flexibility index (Phi) is 5.55. The van der Waals surface area contributed by atoms with Gasteiger partial charge in [-0.15, -0.1) is 0 Å². The van der Waals surface area contributed by atoms with Crippen LogP contribution in [0.4, 0.5) is 0 Å². The topological polar surface area (TPSA) is 29.5 Å². The molecule has 38 heavy (non-hydrogen) atoms. The lowest BCUT2D eigenvalue weighted by atomic mass is 9.93.